The first kappa shape index (κ1) is 25.0. The molecule has 1 aromatic rings. The molecule has 0 amide bonds. The van der Waals surface area contributed by atoms with E-state index in [0.717, 1.165) is 23.6 Å². The molecule has 1 aliphatic heterocycles. The molecule has 1 heterocycles. The Morgan fingerprint density at radius 3 is 2.81 bits per heavy atom. The summed E-state index contributed by atoms with van der Waals surface area (Å²) < 4.78 is 21.1. The Bertz CT molecular complexity index is 855. The molecule has 1 aromatic carbocycles. The summed E-state index contributed by atoms with van der Waals surface area (Å²) in [5, 5.41) is 9.01. The monoisotopic (exact) mass is 465 g/mol. The quantitative estimate of drug-likeness (QED) is 0.158. The zero-order valence-corrected chi connectivity index (χ0v) is 19.7. The molecule has 0 aliphatic carbocycles. The Kier molecular flexibility index (Phi) is 11.2. The van der Waals surface area contributed by atoms with Crippen molar-refractivity contribution in [3.63, 3.8) is 0 Å². The van der Waals surface area contributed by atoms with Crippen LogP contribution in [0.5, 0.6) is 5.75 Å². The Balaban J connectivity index is 2.11. The van der Waals surface area contributed by atoms with Gasteiger partial charge in [0.25, 0.3) is 0 Å². The summed E-state index contributed by atoms with van der Waals surface area (Å²) in [6, 6.07) is 7.55. The number of hydrogen-bond acceptors (Lipinski definition) is 9. The molecule has 8 nitrogen and oxygen atoms in total. The van der Waals surface area contributed by atoms with Gasteiger partial charge in [0.2, 0.25) is 0 Å². The van der Waals surface area contributed by atoms with E-state index in [4.69, 9.17) is 17.8 Å². The van der Waals surface area contributed by atoms with Gasteiger partial charge in [0.05, 0.1) is 31.4 Å². The van der Waals surface area contributed by atoms with E-state index in [1.54, 1.807) is 13.3 Å². The molecule has 0 fully saturated rings. The number of rotatable bonds is 11. The van der Waals surface area contributed by atoms with E-state index < -0.39 is 0 Å². The predicted molar refractivity (Wildman–Crippen MR) is 128 cm³/mol. The zero-order valence-electron chi connectivity index (χ0n) is 18.1. The number of nitrogens with zero attached hydrogens (tertiary/aromatic N) is 3. The van der Waals surface area contributed by atoms with Crippen LogP contribution in [0.25, 0.3) is 0 Å². The number of anilines is 1. The highest BCUT2D eigenvalue weighted by atomic mass is 32.2. The summed E-state index contributed by atoms with van der Waals surface area (Å²) in [6.07, 6.45) is 5.36. The van der Waals surface area contributed by atoms with Crippen molar-refractivity contribution in [2.24, 2.45) is 10.2 Å². The van der Waals surface area contributed by atoms with Gasteiger partial charge in [-0.25, -0.2) is 0 Å². The van der Waals surface area contributed by atoms with E-state index in [2.05, 4.69) is 10.2 Å². The fourth-order valence-electron chi connectivity index (χ4n) is 2.29. The Morgan fingerprint density at radius 1 is 1.29 bits per heavy atom. The Hall–Kier alpha value is -2.27. The van der Waals surface area contributed by atoms with E-state index in [0.29, 0.717) is 29.9 Å². The van der Waals surface area contributed by atoms with Gasteiger partial charge in [-0.15, -0.1) is 5.10 Å². The van der Waals surface area contributed by atoms with Crippen LogP contribution in [0, 0.1) is 0 Å². The molecule has 0 saturated carbocycles. The number of methoxy groups -OCH3 is 1. The SMILES string of the molecule is CCOSOCC(=O)CSC(=NN=CC1=CC=C(C)CO1)N(C)c1ccccc1OC. The van der Waals surface area contributed by atoms with Crippen LogP contribution in [0.4, 0.5) is 5.69 Å². The first-order chi connectivity index (χ1) is 15.0. The molecule has 0 spiro atoms. The molecule has 168 valence electrons. The summed E-state index contributed by atoms with van der Waals surface area (Å²) in [7, 11) is 3.45. The molecule has 10 heteroatoms. The lowest BCUT2D eigenvalue weighted by atomic mass is 10.2. The largest absolute Gasteiger partial charge is 0.495 e. The van der Waals surface area contributed by atoms with Gasteiger partial charge in [0.1, 0.15) is 24.7 Å². The minimum atomic E-state index is -0.0961. The van der Waals surface area contributed by atoms with Crippen LogP contribution in [-0.4, -0.2) is 56.9 Å². The van der Waals surface area contributed by atoms with Crippen LogP contribution in [0.2, 0.25) is 0 Å². The lowest BCUT2D eigenvalue weighted by Crippen LogP contribution is -2.25. The Labute approximate surface area is 191 Å². The second-order valence-corrected chi connectivity index (χ2v) is 7.84. The van der Waals surface area contributed by atoms with Gasteiger partial charge in [0, 0.05) is 7.05 Å². The third kappa shape index (κ3) is 8.78. The first-order valence-electron chi connectivity index (χ1n) is 9.58. The minimum Gasteiger partial charge on any atom is -0.495 e. The highest BCUT2D eigenvalue weighted by Gasteiger charge is 2.16. The molecule has 0 bridgehead atoms. The molecule has 31 heavy (non-hydrogen) atoms. The van der Waals surface area contributed by atoms with Crippen molar-refractivity contribution in [1.82, 2.24) is 0 Å². The van der Waals surface area contributed by atoms with Gasteiger partial charge in [-0.3, -0.25) is 13.2 Å². The molecule has 0 aromatic heterocycles. The number of hydrogen-bond donors (Lipinski definition) is 0. The minimum absolute atomic E-state index is 0.0565. The van der Waals surface area contributed by atoms with Crippen molar-refractivity contribution in [3.8, 4) is 5.75 Å². The van der Waals surface area contributed by atoms with Crippen LogP contribution < -0.4 is 9.64 Å². The summed E-state index contributed by atoms with van der Waals surface area (Å²) in [6.45, 7) is 4.81. The number of ether oxygens (including phenoxy) is 2. The molecular weight excluding hydrogens is 438 g/mol. The number of thioether (sulfide) groups is 1. The summed E-state index contributed by atoms with van der Waals surface area (Å²) >= 11 is 2.08. The maximum absolute atomic E-state index is 12.2. The fourth-order valence-corrected chi connectivity index (χ4v) is 3.41. The van der Waals surface area contributed by atoms with Crippen molar-refractivity contribution >= 4 is 46.9 Å². The Morgan fingerprint density at radius 2 is 2.10 bits per heavy atom. The highest BCUT2D eigenvalue weighted by Crippen LogP contribution is 2.29. The average molecular weight is 466 g/mol. The molecule has 2 rings (SSSR count). The average Bonchev–Trinajstić information content (AvgIpc) is 2.79. The number of benzene rings is 1. The topological polar surface area (TPSA) is 82.0 Å². The van der Waals surface area contributed by atoms with Gasteiger partial charge in [-0.2, -0.15) is 5.10 Å². The number of carbonyl (C=O) groups is 1. The van der Waals surface area contributed by atoms with E-state index in [-0.39, 0.29) is 18.1 Å². The number of Topliss-reactive ketones (excluding diaryl/α,β-unsaturated/α-hetero) is 1. The number of carbonyl (C=O) groups excluding carboxylic acids is 1. The molecule has 1 aliphatic rings. The molecule has 0 unspecified atom stereocenters. The fraction of sp³-hybridized carbons (Fsp3) is 0.381. The second kappa shape index (κ2) is 13.9. The normalized spacial score (nSPS) is 14.1. The van der Waals surface area contributed by atoms with Crippen molar-refractivity contribution in [2.45, 2.75) is 13.8 Å². The summed E-state index contributed by atoms with van der Waals surface area (Å²) in [5.74, 6) is 1.38. The highest BCUT2D eigenvalue weighted by molar-refractivity contribution is 8.14. The third-order valence-electron chi connectivity index (χ3n) is 3.86. The van der Waals surface area contributed by atoms with Gasteiger partial charge in [-0.1, -0.05) is 30.0 Å². The van der Waals surface area contributed by atoms with Crippen LogP contribution in [0.1, 0.15) is 13.8 Å². The molecule has 0 radical (unpaired) electrons. The van der Waals surface area contributed by atoms with E-state index >= 15 is 0 Å². The van der Waals surface area contributed by atoms with Crippen LogP contribution >= 0.6 is 24.1 Å². The van der Waals surface area contributed by atoms with Crippen LogP contribution in [-0.2, 0) is 17.9 Å². The molecule has 0 N–H and O–H groups in total. The molecule has 0 saturated heterocycles. The van der Waals surface area contributed by atoms with Gasteiger partial charge < -0.3 is 14.4 Å². The smallest absolute Gasteiger partial charge is 0.190 e. The lowest BCUT2D eigenvalue weighted by Gasteiger charge is -2.22. The number of allylic oxidation sites excluding steroid dienone is 3. The maximum atomic E-state index is 12.2. The number of ketones is 1. The maximum Gasteiger partial charge on any atom is 0.190 e. The predicted octanol–water partition coefficient (Wildman–Crippen LogP) is 4.25. The van der Waals surface area contributed by atoms with E-state index in [1.165, 1.54) is 11.8 Å². The van der Waals surface area contributed by atoms with Gasteiger partial charge in [0.15, 0.2) is 23.3 Å². The van der Waals surface area contributed by atoms with Crippen molar-refractivity contribution in [2.75, 3.05) is 44.6 Å². The summed E-state index contributed by atoms with van der Waals surface area (Å²) in [4.78, 5) is 14.0. The third-order valence-corrected chi connectivity index (χ3v) is 5.48. The first-order valence-corrected chi connectivity index (χ1v) is 11.2. The number of para-hydroxylation sites is 2. The van der Waals surface area contributed by atoms with E-state index in [9.17, 15) is 4.79 Å². The van der Waals surface area contributed by atoms with Crippen LogP contribution in [0.15, 0.2) is 58.0 Å². The van der Waals surface area contributed by atoms with Crippen LogP contribution in [0.3, 0.4) is 0 Å². The van der Waals surface area contributed by atoms with Gasteiger partial charge in [-0.05, 0) is 37.6 Å². The van der Waals surface area contributed by atoms with Crippen molar-refractivity contribution in [3.05, 3.63) is 47.7 Å². The zero-order chi connectivity index (χ0) is 22.5. The van der Waals surface area contributed by atoms with Crippen molar-refractivity contribution in [1.29, 1.82) is 0 Å². The molecule has 0 atom stereocenters. The standard InChI is InChI=1S/C21H27N3O5S2/c1-5-28-31-29-14-17(25)15-30-21(23-22-12-18-11-10-16(2)13-27-18)24(3)19-8-6-7-9-20(19)26-4/h6-12H,5,13-15H2,1-4H3. The van der Waals surface area contributed by atoms with Gasteiger partial charge >= 0.3 is 0 Å². The number of amidine groups is 1. The van der Waals surface area contributed by atoms with Crippen molar-refractivity contribution < 1.29 is 22.6 Å². The lowest BCUT2D eigenvalue weighted by molar-refractivity contribution is -0.118. The second-order valence-electron chi connectivity index (χ2n) is 6.29. The summed E-state index contributed by atoms with van der Waals surface area (Å²) in [5.41, 5.74) is 1.93. The molecular formula is C21H27N3O5S2. The van der Waals surface area contributed by atoms with E-state index in [1.807, 2.05) is 62.2 Å².